The van der Waals surface area contributed by atoms with Crippen molar-refractivity contribution in [1.82, 2.24) is 0 Å². The molecule has 0 heterocycles. The Labute approximate surface area is 162 Å². The highest BCUT2D eigenvalue weighted by molar-refractivity contribution is 5.89. The second kappa shape index (κ2) is 12.8. The van der Waals surface area contributed by atoms with Gasteiger partial charge in [0.1, 0.15) is 0 Å². The summed E-state index contributed by atoms with van der Waals surface area (Å²) in [7, 11) is 0. The molecule has 27 heavy (non-hydrogen) atoms. The fourth-order valence-corrected chi connectivity index (χ4v) is 2.91. The lowest BCUT2D eigenvalue weighted by Crippen LogP contribution is -2.34. The normalized spacial score (nSPS) is 14.0. The van der Waals surface area contributed by atoms with E-state index in [1.807, 2.05) is 20.8 Å². The van der Waals surface area contributed by atoms with Gasteiger partial charge >= 0.3 is 17.9 Å². The number of alkyl halides is 2. The lowest BCUT2D eigenvalue weighted by atomic mass is 9.83. The van der Waals surface area contributed by atoms with Crippen molar-refractivity contribution in [3.63, 3.8) is 0 Å². The minimum absolute atomic E-state index is 0.0928. The van der Waals surface area contributed by atoms with Gasteiger partial charge in [-0.2, -0.15) is 8.78 Å². The van der Waals surface area contributed by atoms with Gasteiger partial charge in [-0.3, -0.25) is 0 Å². The van der Waals surface area contributed by atoms with Gasteiger partial charge in [-0.1, -0.05) is 39.2 Å². The molecule has 0 fully saturated rings. The van der Waals surface area contributed by atoms with Gasteiger partial charge in [0.05, 0.1) is 13.2 Å². The molecule has 0 rings (SSSR count). The minimum Gasteiger partial charge on any atom is -0.463 e. The van der Waals surface area contributed by atoms with Crippen molar-refractivity contribution in [2.45, 2.75) is 86.0 Å². The number of carbonyl (C=O) groups is 2. The molecule has 1 atom stereocenters. The quantitative estimate of drug-likeness (QED) is 0.299. The lowest BCUT2D eigenvalue weighted by Gasteiger charge is -2.25. The van der Waals surface area contributed by atoms with Gasteiger partial charge in [0, 0.05) is 12.0 Å². The van der Waals surface area contributed by atoms with Gasteiger partial charge < -0.3 is 9.47 Å². The van der Waals surface area contributed by atoms with E-state index in [1.165, 1.54) is 6.92 Å². The van der Waals surface area contributed by atoms with Crippen LogP contribution in [0.4, 0.5) is 8.78 Å². The SMILES string of the molecule is CCCC/C(C(=O)OCC)=C(\C)C(CCC(C)C)CC(F)(F)C(=O)OCC. The van der Waals surface area contributed by atoms with Gasteiger partial charge in [0.2, 0.25) is 0 Å². The molecule has 158 valence electrons. The van der Waals surface area contributed by atoms with Crippen molar-refractivity contribution in [1.29, 1.82) is 0 Å². The third kappa shape index (κ3) is 9.34. The first-order chi connectivity index (χ1) is 12.6. The standard InChI is InChI=1S/C21H36F2O4/c1-7-10-11-18(19(24)26-8-2)16(6)17(13-12-15(4)5)14-21(22,23)20(25)27-9-3/h15,17H,7-14H2,1-6H3/b18-16-. The first-order valence-electron chi connectivity index (χ1n) is 10.0. The summed E-state index contributed by atoms with van der Waals surface area (Å²) in [5.74, 6) is -5.78. The summed E-state index contributed by atoms with van der Waals surface area (Å²) in [6, 6.07) is 0. The number of rotatable bonds is 13. The molecule has 0 aliphatic carbocycles. The highest BCUT2D eigenvalue weighted by Gasteiger charge is 2.43. The molecule has 4 nitrogen and oxygen atoms in total. The van der Waals surface area contributed by atoms with Crippen LogP contribution in [-0.4, -0.2) is 31.1 Å². The van der Waals surface area contributed by atoms with Gasteiger partial charge in [-0.05, 0) is 51.9 Å². The second-order valence-corrected chi connectivity index (χ2v) is 7.28. The number of esters is 2. The molecule has 0 radical (unpaired) electrons. The van der Waals surface area contributed by atoms with Crippen LogP contribution in [0.15, 0.2) is 11.1 Å². The zero-order valence-electron chi connectivity index (χ0n) is 17.7. The Hall–Kier alpha value is -1.46. The van der Waals surface area contributed by atoms with E-state index in [1.54, 1.807) is 13.8 Å². The number of allylic oxidation sites excluding steroid dienone is 1. The molecule has 0 aromatic rings. The summed E-state index contributed by atoms with van der Waals surface area (Å²) in [5.41, 5.74) is 1.07. The monoisotopic (exact) mass is 390 g/mol. The number of halogens is 2. The fraction of sp³-hybridized carbons (Fsp3) is 0.810. The Morgan fingerprint density at radius 1 is 1.00 bits per heavy atom. The predicted octanol–water partition coefficient (Wildman–Crippen LogP) is 5.70. The van der Waals surface area contributed by atoms with Crippen molar-refractivity contribution in [2.75, 3.05) is 13.2 Å². The molecular formula is C21H36F2O4. The summed E-state index contributed by atoms with van der Waals surface area (Å²) in [4.78, 5) is 24.0. The zero-order chi connectivity index (χ0) is 21.0. The molecule has 6 heteroatoms. The average molecular weight is 391 g/mol. The van der Waals surface area contributed by atoms with Gasteiger partial charge in [0.25, 0.3) is 0 Å². The third-order valence-corrected chi connectivity index (χ3v) is 4.56. The first-order valence-corrected chi connectivity index (χ1v) is 10.0. The van der Waals surface area contributed by atoms with Crippen LogP contribution in [-0.2, 0) is 19.1 Å². The molecule has 1 unspecified atom stereocenters. The average Bonchev–Trinajstić information content (AvgIpc) is 2.58. The molecular weight excluding hydrogens is 354 g/mol. The number of unbranched alkanes of at least 4 members (excludes halogenated alkanes) is 1. The van der Waals surface area contributed by atoms with Crippen LogP contribution in [0.2, 0.25) is 0 Å². The molecule has 0 aromatic carbocycles. The highest BCUT2D eigenvalue weighted by Crippen LogP contribution is 2.35. The zero-order valence-corrected chi connectivity index (χ0v) is 17.7. The Morgan fingerprint density at radius 2 is 1.59 bits per heavy atom. The van der Waals surface area contributed by atoms with E-state index >= 15 is 0 Å². The summed E-state index contributed by atoms with van der Waals surface area (Å²) in [6.07, 6.45) is 2.70. The van der Waals surface area contributed by atoms with Crippen LogP contribution < -0.4 is 0 Å². The van der Waals surface area contributed by atoms with Crippen LogP contribution in [0.25, 0.3) is 0 Å². The molecule has 0 aromatic heterocycles. The van der Waals surface area contributed by atoms with Crippen LogP contribution in [0.3, 0.4) is 0 Å². The van der Waals surface area contributed by atoms with Crippen LogP contribution in [0.5, 0.6) is 0 Å². The molecule has 0 aliphatic heterocycles. The fourth-order valence-electron chi connectivity index (χ4n) is 2.91. The summed E-state index contributed by atoms with van der Waals surface area (Å²) in [5, 5.41) is 0. The topological polar surface area (TPSA) is 52.6 Å². The Balaban J connectivity index is 5.76. The summed E-state index contributed by atoms with van der Waals surface area (Å²) < 4.78 is 38.4. The maximum atomic E-state index is 14.4. The number of hydrogen-bond acceptors (Lipinski definition) is 4. The predicted molar refractivity (Wildman–Crippen MR) is 103 cm³/mol. The largest absolute Gasteiger partial charge is 0.463 e. The number of ether oxygens (including phenoxy) is 2. The van der Waals surface area contributed by atoms with Crippen molar-refractivity contribution >= 4 is 11.9 Å². The van der Waals surface area contributed by atoms with E-state index in [2.05, 4.69) is 4.74 Å². The van der Waals surface area contributed by atoms with Crippen molar-refractivity contribution < 1.29 is 27.8 Å². The highest BCUT2D eigenvalue weighted by atomic mass is 19.3. The summed E-state index contributed by atoms with van der Waals surface area (Å²) >= 11 is 0. The molecule has 0 N–H and O–H groups in total. The van der Waals surface area contributed by atoms with E-state index in [0.717, 1.165) is 19.3 Å². The maximum Gasteiger partial charge on any atom is 0.376 e. The number of hydrogen-bond donors (Lipinski definition) is 0. The van der Waals surface area contributed by atoms with E-state index in [0.29, 0.717) is 29.9 Å². The molecule has 0 aliphatic rings. The Kier molecular flexibility index (Phi) is 12.1. The van der Waals surface area contributed by atoms with Crippen molar-refractivity contribution in [3.8, 4) is 0 Å². The van der Waals surface area contributed by atoms with E-state index < -0.39 is 30.2 Å². The lowest BCUT2D eigenvalue weighted by molar-refractivity contribution is -0.173. The third-order valence-electron chi connectivity index (χ3n) is 4.56. The van der Waals surface area contributed by atoms with E-state index in [9.17, 15) is 18.4 Å². The molecule has 0 spiro atoms. The molecule has 0 saturated heterocycles. The second-order valence-electron chi connectivity index (χ2n) is 7.28. The van der Waals surface area contributed by atoms with E-state index in [4.69, 9.17) is 4.74 Å². The van der Waals surface area contributed by atoms with Crippen LogP contribution >= 0.6 is 0 Å². The first kappa shape index (κ1) is 25.5. The van der Waals surface area contributed by atoms with E-state index in [-0.39, 0.29) is 13.2 Å². The van der Waals surface area contributed by atoms with Crippen LogP contribution in [0, 0.1) is 11.8 Å². The molecule has 0 bridgehead atoms. The Bertz CT molecular complexity index is 498. The minimum atomic E-state index is -3.58. The molecule has 0 amide bonds. The van der Waals surface area contributed by atoms with Crippen molar-refractivity contribution in [2.24, 2.45) is 11.8 Å². The number of carbonyl (C=O) groups excluding carboxylic acids is 2. The smallest absolute Gasteiger partial charge is 0.376 e. The van der Waals surface area contributed by atoms with Crippen LogP contribution in [0.1, 0.15) is 80.1 Å². The molecule has 0 saturated carbocycles. The van der Waals surface area contributed by atoms with Gasteiger partial charge in [-0.25, -0.2) is 9.59 Å². The summed E-state index contributed by atoms with van der Waals surface area (Å²) in [6.45, 7) is 11.1. The maximum absolute atomic E-state index is 14.4. The Morgan fingerprint density at radius 3 is 2.07 bits per heavy atom. The van der Waals surface area contributed by atoms with Gasteiger partial charge in [-0.15, -0.1) is 0 Å². The van der Waals surface area contributed by atoms with Gasteiger partial charge in [0.15, 0.2) is 0 Å². The van der Waals surface area contributed by atoms with Crippen molar-refractivity contribution in [3.05, 3.63) is 11.1 Å².